The molecule has 0 spiro atoms. The summed E-state index contributed by atoms with van der Waals surface area (Å²) in [4.78, 5) is 14.6. The Balaban J connectivity index is 2.11. The molecule has 0 aromatic heterocycles. The van der Waals surface area contributed by atoms with Crippen LogP contribution < -0.4 is 5.73 Å². The first-order valence-corrected chi connectivity index (χ1v) is 7.78. The molecule has 1 fully saturated rings. The van der Waals surface area contributed by atoms with Crippen LogP contribution in [-0.2, 0) is 0 Å². The van der Waals surface area contributed by atoms with Crippen molar-refractivity contribution in [2.24, 2.45) is 5.73 Å². The first-order valence-electron chi connectivity index (χ1n) is 7.78. The number of rotatable bonds is 2. The van der Waals surface area contributed by atoms with Crippen molar-refractivity contribution < 1.29 is 4.79 Å². The van der Waals surface area contributed by atoms with Crippen LogP contribution in [0.1, 0.15) is 54.4 Å². The van der Waals surface area contributed by atoms with Crippen LogP contribution in [0, 0.1) is 11.8 Å². The number of amides is 1. The first kappa shape index (κ1) is 15.6. The van der Waals surface area contributed by atoms with Crippen LogP contribution in [0.2, 0.25) is 0 Å². The Labute approximate surface area is 127 Å². The number of hydrogen-bond acceptors (Lipinski definition) is 2. The summed E-state index contributed by atoms with van der Waals surface area (Å²) < 4.78 is 0. The molecular weight excluding hydrogens is 260 g/mol. The molecule has 0 saturated heterocycles. The van der Waals surface area contributed by atoms with E-state index in [1.54, 1.807) is 0 Å². The Morgan fingerprint density at radius 2 is 2.00 bits per heavy atom. The van der Waals surface area contributed by atoms with Gasteiger partial charge in [0, 0.05) is 24.2 Å². The molecule has 112 valence electrons. The zero-order valence-electron chi connectivity index (χ0n) is 12.8. The Bertz CT molecular complexity index is 534. The largest absolute Gasteiger partial charge is 0.339 e. The number of hydrogen-bond donors (Lipinski definition) is 1. The summed E-state index contributed by atoms with van der Waals surface area (Å²) >= 11 is 0. The van der Waals surface area contributed by atoms with E-state index in [1.807, 2.05) is 36.2 Å². The van der Waals surface area contributed by atoms with Crippen molar-refractivity contribution >= 4 is 5.91 Å². The predicted octanol–water partition coefficient (Wildman–Crippen LogP) is 2.79. The van der Waals surface area contributed by atoms with Crippen LogP contribution in [-0.4, -0.2) is 30.4 Å². The van der Waals surface area contributed by atoms with Gasteiger partial charge in [-0.3, -0.25) is 4.79 Å². The molecule has 1 aliphatic rings. The molecule has 0 aliphatic heterocycles. The van der Waals surface area contributed by atoms with E-state index in [0.717, 1.165) is 18.4 Å². The zero-order valence-corrected chi connectivity index (χ0v) is 12.8. The second-order valence-electron chi connectivity index (χ2n) is 5.65. The topological polar surface area (TPSA) is 46.3 Å². The van der Waals surface area contributed by atoms with Gasteiger partial charge in [-0.1, -0.05) is 43.6 Å². The molecule has 3 nitrogen and oxygen atoms in total. The van der Waals surface area contributed by atoms with E-state index in [2.05, 4.69) is 11.8 Å². The second-order valence-corrected chi connectivity index (χ2v) is 5.65. The van der Waals surface area contributed by atoms with Crippen LogP contribution in [0.4, 0.5) is 0 Å². The molecule has 1 aliphatic carbocycles. The summed E-state index contributed by atoms with van der Waals surface area (Å²) in [7, 11) is 1.93. The van der Waals surface area contributed by atoms with Crippen molar-refractivity contribution in [1.82, 2.24) is 4.90 Å². The Hall–Kier alpha value is -1.79. The molecular formula is C18H24N2O. The fraction of sp³-hybridized carbons (Fsp3) is 0.500. The molecule has 0 radical (unpaired) electrons. The van der Waals surface area contributed by atoms with Gasteiger partial charge in [0.05, 0.1) is 6.54 Å². The average Bonchev–Trinajstić information content (AvgIpc) is 2.81. The number of benzene rings is 1. The highest BCUT2D eigenvalue weighted by atomic mass is 16.2. The molecule has 2 N–H and O–H groups in total. The van der Waals surface area contributed by atoms with Crippen LogP contribution in [0.3, 0.4) is 0 Å². The van der Waals surface area contributed by atoms with E-state index < -0.39 is 0 Å². The van der Waals surface area contributed by atoms with Crippen molar-refractivity contribution in [1.29, 1.82) is 0 Å². The summed E-state index contributed by atoms with van der Waals surface area (Å²) in [6, 6.07) is 7.89. The maximum atomic E-state index is 12.6. The molecule has 0 heterocycles. The lowest BCUT2D eigenvalue weighted by Crippen LogP contribution is -2.36. The molecule has 0 atom stereocenters. The summed E-state index contributed by atoms with van der Waals surface area (Å²) in [5.74, 6) is 5.90. The minimum Gasteiger partial charge on any atom is -0.339 e. The first-order chi connectivity index (χ1) is 10.2. The molecule has 0 bridgehead atoms. The average molecular weight is 284 g/mol. The monoisotopic (exact) mass is 284 g/mol. The Morgan fingerprint density at radius 3 is 2.67 bits per heavy atom. The Morgan fingerprint density at radius 1 is 1.29 bits per heavy atom. The third kappa shape index (κ3) is 4.34. The summed E-state index contributed by atoms with van der Waals surface area (Å²) in [6.07, 6.45) is 7.28. The molecule has 1 aromatic rings. The van der Waals surface area contributed by atoms with E-state index in [0.29, 0.717) is 18.2 Å². The van der Waals surface area contributed by atoms with Gasteiger partial charge in [0.2, 0.25) is 0 Å². The van der Waals surface area contributed by atoms with Gasteiger partial charge in [-0.05, 0) is 31.0 Å². The minimum absolute atomic E-state index is 0.0956. The highest BCUT2D eigenvalue weighted by molar-refractivity contribution is 5.94. The minimum atomic E-state index is 0.0956. The highest BCUT2D eigenvalue weighted by Crippen LogP contribution is 2.22. The van der Waals surface area contributed by atoms with Gasteiger partial charge in [-0.15, -0.1) is 0 Å². The number of carbonyl (C=O) groups is 1. The number of nitrogens with two attached hydrogens (primary N) is 1. The fourth-order valence-electron chi connectivity index (χ4n) is 2.90. The van der Waals surface area contributed by atoms with Gasteiger partial charge in [0.1, 0.15) is 0 Å². The van der Waals surface area contributed by atoms with Gasteiger partial charge in [-0.2, -0.15) is 0 Å². The lowest BCUT2D eigenvalue weighted by atomic mass is 10.1. The highest BCUT2D eigenvalue weighted by Gasteiger charge is 2.22. The van der Waals surface area contributed by atoms with Crippen LogP contribution >= 0.6 is 0 Å². The van der Waals surface area contributed by atoms with E-state index >= 15 is 0 Å². The lowest BCUT2D eigenvalue weighted by molar-refractivity contribution is 0.0717. The van der Waals surface area contributed by atoms with Gasteiger partial charge in [-0.25, -0.2) is 0 Å². The smallest absolute Gasteiger partial charge is 0.253 e. The summed E-state index contributed by atoms with van der Waals surface area (Å²) in [5.41, 5.74) is 6.95. The molecule has 1 saturated carbocycles. The predicted molar refractivity (Wildman–Crippen MR) is 86.0 cm³/mol. The Kier molecular flexibility index (Phi) is 5.83. The number of nitrogens with zero attached hydrogens (tertiary/aromatic N) is 1. The normalized spacial score (nSPS) is 15.7. The summed E-state index contributed by atoms with van der Waals surface area (Å²) in [5, 5.41) is 0. The van der Waals surface area contributed by atoms with Gasteiger partial charge in [0.15, 0.2) is 0 Å². The van der Waals surface area contributed by atoms with E-state index in [4.69, 9.17) is 5.73 Å². The van der Waals surface area contributed by atoms with E-state index in [9.17, 15) is 4.79 Å². The van der Waals surface area contributed by atoms with Crippen LogP contribution in [0.25, 0.3) is 0 Å². The molecule has 0 unspecified atom stereocenters. The quantitative estimate of drug-likeness (QED) is 0.670. The molecule has 1 aromatic carbocycles. The third-order valence-corrected chi connectivity index (χ3v) is 4.14. The van der Waals surface area contributed by atoms with Gasteiger partial charge in [0.25, 0.3) is 5.91 Å². The van der Waals surface area contributed by atoms with Crippen molar-refractivity contribution in [3.8, 4) is 11.8 Å². The standard InChI is InChI=1S/C18H24N2O/c1-20(17-11-4-2-3-5-12-17)18(21)16-10-6-8-15(14-16)9-7-13-19/h6,8,10,14,17H,2-5,11-13,19H2,1H3. The fourth-order valence-corrected chi connectivity index (χ4v) is 2.90. The maximum absolute atomic E-state index is 12.6. The second kappa shape index (κ2) is 7.85. The third-order valence-electron chi connectivity index (χ3n) is 4.14. The van der Waals surface area contributed by atoms with Gasteiger partial charge < -0.3 is 10.6 Å². The zero-order chi connectivity index (χ0) is 15.1. The molecule has 21 heavy (non-hydrogen) atoms. The van der Waals surface area contributed by atoms with Crippen molar-refractivity contribution in [3.63, 3.8) is 0 Å². The van der Waals surface area contributed by atoms with E-state index in [-0.39, 0.29) is 5.91 Å². The molecule has 1 amide bonds. The lowest BCUT2D eigenvalue weighted by Gasteiger charge is -2.27. The van der Waals surface area contributed by atoms with Gasteiger partial charge >= 0.3 is 0 Å². The summed E-state index contributed by atoms with van der Waals surface area (Å²) in [6.45, 7) is 0.333. The van der Waals surface area contributed by atoms with Crippen LogP contribution in [0.5, 0.6) is 0 Å². The van der Waals surface area contributed by atoms with Crippen molar-refractivity contribution in [2.45, 2.75) is 44.6 Å². The SMILES string of the molecule is CN(C(=O)c1cccc(C#CCN)c1)C1CCCCCC1. The number of carbonyl (C=O) groups excluding carboxylic acids is 1. The molecule has 3 heteroatoms. The van der Waals surface area contributed by atoms with E-state index in [1.165, 1.54) is 25.7 Å². The maximum Gasteiger partial charge on any atom is 0.253 e. The van der Waals surface area contributed by atoms with Crippen molar-refractivity contribution in [3.05, 3.63) is 35.4 Å². The van der Waals surface area contributed by atoms with Crippen molar-refractivity contribution in [2.75, 3.05) is 13.6 Å². The molecule has 2 rings (SSSR count). The van der Waals surface area contributed by atoms with Crippen LogP contribution in [0.15, 0.2) is 24.3 Å².